The molecule has 27 heavy (non-hydrogen) atoms. The molecule has 1 aromatic heterocycles. The lowest BCUT2D eigenvalue weighted by molar-refractivity contribution is -0.116. The van der Waals surface area contributed by atoms with Crippen molar-refractivity contribution < 1.29 is 4.79 Å². The Hall–Kier alpha value is -2.60. The van der Waals surface area contributed by atoms with Crippen LogP contribution in [0.5, 0.6) is 0 Å². The van der Waals surface area contributed by atoms with Crippen LogP contribution in [0.15, 0.2) is 58.5 Å². The Labute approximate surface area is 162 Å². The predicted molar refractivity (Wildman–Crippen MR) is 109 cm³/mol. The van der Waals surface area contributed by atoms with Crippen molar-refractivity contribution in [1.82, 2.24) is 9.55 Å². The van der Waals surface area contributed by atoms with Gasteiger partial charge in [-0.2, -0.15) is 0 Å². The fourth-order valence-corrected chi connectivity index (χ4v) is 4.42. The molecule has 3 aromatic rings. The number of carbonyl (C=O) groups is 1. The SMILES string of the molecule is CC1CCc2ccccc2N1C(=O)CSc1nc2ccccc2c(=O)n1C. The Balaban J connectivity index is 1.59. The number of benzene rings is 2. The number of nitrogens with zero attached hydrogens (tertiary/aromatic N) is 3. The lowest BCUT2D eigenvalue weighted by Crippen LogP contribution is -2.43. The number of anilines is 1. The number of para-hydroxylation sites is 2. The molecule has 0 N–H and O–H groups in total. The van der Waals surface area contributed by atoms with Gasteiger partial charge in [0, 0.05) is 18.8 Å². The van der Waals surface area contributed by atoms with Crippen LogP contribution in [0.3, 0.4) is 0 Å². The molecule has 0 saturated heterocycles. The molecule has 2 aromatic carbocycles. The fourth-order valence-electron chi connectivity index (χ4n) is 3.59. The number of amides is 1. The zero-order chi connectivity index (χ0) is 19.0. The molecule has 1 aliphatic rings. The minimum absolute atomic E-state index is 0.0436. The van der Waals surface area contributed by atoms with Crippen molar-refractivity contribution in [3.05, 3.63) is 64.4 Å². The van der Waals surface area contributed by atoms with E-state index < -0.39 is 0 Å². The number of carbonyl (C=O) groups excluding carboxylic acids is 1. The summed E-state index contributed by atoms with van der Waals surface area (Å²) in [5, 5.41) is 1.15. The summed E-state index contributed by atoms with van der Waals surface area (Å²) in [6, 6.07) is 15.5. The third-order valence-corrected chi connectivity index (χ3v) is 6.07. The first-order valence-corrected chi connectivity index (χ1v) is 10.0. The lowest BCUT2D eigenvalue weighted by atomic mass is 9.97. The van der Waals surface area contributed by atoms with Crippen molar-refractivity contribution in [2.24, 2.45) is 7.05 Å². The average Bonchev–Trinajstić information content (AvgIpc) is 2.69. The van der Waals surface area contributed by atoms with E-state index in [4.69, 9.17) is 0 Å². The van der Waals surface area contributed by atoms with Gasteiger partial charge in [0.1, 0.15) is 0 Å². The Morgan fingerprint density at radius 1 is 1.19 bits per heavy atom. The summed E-state index contributed by atoms with van der Waals surface area (Å²) in [7, 11) is 1.70. The van der Waals surface area contributed by atoms with Crippen molar-refractivity contribution in [1.29, 1.82) is 0 Å². The third kappa shape index (κ3) is 3.25. The van der Waals surface area contributed by atoms with Gasteiger partial charge in [-0.25, -0.2) is 4.98 Å². The molecule has 1 unspecified atom stereocenters. The van der Waals surface area contributed by atoms with E-state index in [0.29, 0.717) is 16.1 Å². The van der Waals surface area contributed by atoms with Crippen molar-refractivity contribution in [2.45, 2.75) is 31.0 Å². The van der Waals surface area contributed by atoms with Gasteiger partial charge < -0.3 is 4.90 Å². The number of thioether (sulfide) groups is 1. The van der Waals surface area contributed by atoms with Gasteiger partial charge in [0.2, 0.25) is 5.91 Å². The summed E-state index contributed by atoms with van der Waals surface area (Å²) >= 11 is 1.32. The molecule has 0 fully saturated rings. The molecule has 0 aliphatic carbocycles. The number of rotatable bonds is 3. The van der Waals surface area contributed by atoms with Crippen molar-refractivity contribution in [2.75, 3.05) is 10.7 Å². The Kier molecular flexibility index (Phi) is 4.74. The molecule has 1 aliphatic heterocycles. The van der Waals surface area contributed by atoms with Crippen LogP contribution < -0.4 is 10.5 Å². The van der Waals surface area contributed by atoms with Crippen LogP contribution in [0.1, 0.15) is 18.9 Å². The number of aromatic nitrogens is 2. The van der Waals surface area contributed by atoms with Crippen LogP contribution in [0, 0.1) is 0 Å². The van der Waals surface area contributed by atoms with Gasteiger partial charge in [0.15, 0.2) is 5.16 Å². The lowest BCUT2D eigenvalue weighted by Gasteiger charge is -2.35. The zero-order valence-electron chi connectivity index (χ0n) is 15.4. The molecule has 0 saturated carbocycles. The summed E-state index contributed by atoms with van der Waals surface area (Å²) in [5.74, 6) is 0.291. The third-order valence-electron chi connectivity index (χ3n) is 5.06. The fraction of sp³-hybridized carbons (Fsp3) is 0.286. The number of hydrogen-bond donors (Lipinski definition) is 0. The van der Waals surface area contributed by atoms with Gasteiger partial charge in [-0.15, -0.1) is 0 Å². The van der Waals surface area contributed by atoms with E-state index in [9.17, 15) is 9.59 Å². The molecule has 5 nitrogen and oxygen atoms in total. The van der Waals surface area contributed by atoms with E-state index in [1.807, 2.05) is 41.3 Å². The summed E-state index contributed by atoms with van der Waals surface area (Å²) in [4.78, 5) is 32.0. The minimum Gasteiger partial charge on any atom is -0.309 e. The predicted octanol–water partition coefficient (Wildman–Crippen LogP) is 3.39. The molecule has 6 heteroatoms. The van der Waals surface area contributed by atoms with Gasteiger partial charge in [0.05, 0.1) is 16.7 Å². The summed E-state index contributed by atoms with van der Waals surface area (Å²) in [6.45, 7) is 2.09. The summed E-state index contributed by atoms with van der Waals surface area (Å²) < 4.78 is 1.52. The van der Waals surface area contributed by atoms with Gasteiger partial charge in [-0.05, 0) is 43.5 Å². The Morgan fingerprint density at radius 2 is 1.93 bits per heavy atom. The van der Waals surface area contributed by atoms with Crippen LogP contribution in [0.4, 0.5) is 5.69 Å². The highest BCUT2D eigenvalue weighted by Crippen LogP contribution is 2.31. The van der Waals surface area contributed by atoms with Crippen LogP contribution in [-0.4, -0.2) is 27.3 Å². The molecular formula is C21H21N3O2S. The topological polar surface area (TPSA) is 55.2 Å². The zero-order valence-corrected chi connectivity index (χ0v) is 16.2. The maximum Gasteiger partial charge on any atom is 0.261 e. The number of hydrogen-bond acceptors (Lipinski definition) is 4. The van der Waals surface area contributed by atoms with E-state index in [2.05, 4.69) is 18.0 Å². The molecule has 0 radical (unpaired) electrons. The van der Waals surface area contributed by atoms with Crippen molar-refractivity contribution >= 4 is 34.3 Å². The molecule has 1 atom stereocenters. The van der Waals surface area contributed by atoms with Crippen LogP contribution >= 0.6 is 11.8 Å². The quantitative estimate of drug-likeness (QED) is 0.517. The Morgan fingerprint density at radius 3 is 2.78 bits per heavy atom. The normalized spacial score (nSPS) is 16.4. The Bertz CT molecular complexity index is 1080. The molecule has 2 heterocycles. The molecule has 4 rings (SSSR count). The number of fused-ring (bicyclic) bond motifs is 2. The maximum absolute atomic E-state index is 13.0. The van der Waals surface area contributed by atoms with E-state index in [0.717, 1.165) is 18.5 Å². The maximum atomic E-state index is 13.0. The summed E-state index contributed by atoms with van der Waals surface area (Å²) in [5.41, 5.74) is 2.78. The summed E-state index contributed by atoms with van der Waals surface area (Å²) in [6.07, 6.45) is 1.95. The van der Waals surface area contributed by atoms with Crippen LogP contribution in [0.2, 0.25) is 0 Å². The van der Waals surface area contributed by atoms with E-state index in [1.54, 1.807) is 13.1 Å². The van der Waals surface area contributed by atoms with Gasteiger partial charge in [0.25, 0.3) is 5.56 Å². The second kappa shape index (κ2) is 7.19. The largest absolute Gasteiger partial charge is 0.309 e. The highest BCUT2D eigenvalue weighted by atomic mass is 32.2. The van der Waals surface area contributed by atoms with Gasteiger partial charge >= 0.3 is 0 Å². The van der Waals surface area contributed by atoms with Gasteiger partial charge in [-0.3, -0.25) is 14.2 Å². The average molecular weight is 379 g/mol. The first kappa shape index (κ1) is 17.8. The monoisotopic (exact) mass is 379 g/mol. The second-order valence-electron chi connectivity index (χ2n) is 6.84. The highest BCUT2D eigenvalue weighted by molar-refractivity contribution is 7.99. The van der Waals surface area contributed by atoms with E-state index in [1.165, 1.54) is 21.9 Å². The van der Waals surface area contributed by atoms with Crippen molar-refractivity contribution in [3.8, 4) is 0 Å². The first-order chi connectivity index (χ1) is 13.1. The molecular weight excluding hydrogens is 358 g/mol. The van der Waals surface area contributed by atoms with Crippen molar-refractivity contribution in [3.63, 3.8) is 0 Å². The molecule has 0 spiro atoms. The molecule has 1 amide bonds. The molecule has 138 valence electrons. The van der Waals surface area contributed by atoms with Gasteiger partial charge in [-0.1, -0.05) is 42.1 Å². The van der Waals surface area contributed by atoms with E-state index in [-0.39, 0.29) is 23.3 Å². The minimum atomic E-state index is -0.0905. The number of aryl methyl sites for hydroxylation is 1. The second-order valence-corrected chi connectivity index (χ2v) is 7.79. The van der Waals surface area contributed by atoms with Crippen LogP contribution in [-0.2, 0) is 18.3 Å². The molecule has 0 bridgehead atoms. The smallest absolute Gasteiger partial charge is 0.261 e. The van der Waals surface area contributed by atoms with E-state index >= 15 is 0 Å². The van der Waals surface area contributed by atoms with Crippen LogP contribution in [0.25, 0.3) is 10.9 Å². The first-order valence-electron chi connectivity index (χ1n) is 9.05. The highest BCUT2D eigenvalue weighted by Gasteiger charge is 2.28. The standard InChI is InChI=1S/C21H21N3O2S/c1-14-11-12-15-7-3-6-10-18(15)24(14)19(25)13-27-21-22-17-9-5-4-8-16(17)20(26)23(21)2/h3-10,14H,11-13H2,1-2H3.